The van der Waals surface area contributed by atoms with Gasteiger partial charge in [-0.05, 0) is 54.1 Å². The molecule has 0 radical (unpaired) electrons. The molecule has 160 valence electrons. The second kappa shape index (κ2) is 9.90. The number of hydrazone groups is 1. The molecule has 0 aliphatic carbocycles. The van der Waals surface area contributed by atoms with E-state index in [1.807, 2.05) is 60.7 Å². The molecule has 3 aromatic carbocycles. The first-order valence-corrected chi connectivity index (χ1v) is 9.75. The molecule has 4 aromatic rings. The van der Waals surface area contributed by atoms with E-state index in [0.29, 0.717) is 11.9 Å². The maximum absolute atomic E-state index is 9.58. The first kappa shape index (κ1) is 20.6. The van der Waals surface area contributed by atoms with Gasteiger partial charge in [-0.2, -0.15) is 20.1 Å². The van der Waals surface area contributed by atoms with Crippen LogP contribution in [0.1, 0.15) is 5.56 Å². The maximum Gasteiger partial charge on any atom is 0.250 e. The van der Waals surface area contributed by atoms with Crippen LogP contribution >= 0.6 is 0 Å². The SMILES string of the molecule is COc1ccc(Nc2nc(N/N=C\c3cccc(O)c3)nc(Nc3ccccc3)n2)cc1. The summed E-state index contributed by atoms with van der Waals surface area (Å²) in [6, 6.07) is 23.7. The molecule has 0 saturated heterocycles. The standard InChI is InChI=1S/C23H21N7O2/c1-32-20-12-10-18(11-13-20)26-22-27-21(25-17-7-3-2-4-8-17)28-23(29-22)30-24-15-16-6-5-9-19(31)14-16/h2-15,31H,1H3,(H3,25,26,27,28,29,30)/b24-15-. The molecule has 1 aromatic heterocycles. The van der Waals surface area contributed by atoms with Crippen molar-refractivity contribution in [1.82, 2.24) is 15.0 Å². The van der Waals surface area contributed by atoms with Crippen LogP contribution in [0.5, 0.6) is 11.5 Å². The largest absolute Gasteiger partial charge is 0.508 e. The quantitative estimate of drug-likeness (QED) is 0.240. The van der Waals surface area contributed by atoms with E-state index in [1.165, 1.54) is 0 Å². The van der Waals surface area contributed by atoms with Gasteiger partial charge in [-0.25, -0.2) is 5.43 Å². The van der Waals surface area contributed by atoms with Crippen molar-refractivity contribution < 1.29 is 9.84 Å². The van der Waals surface area contributed by atoms with Gasteiger partial charge in [-0.3, -0.25) is 0 Å². The number of hydrogen-bond donors (Lipinski definition) is 4. The summed E-state index contributed by atoms with van der Waals surface area (Å²) in [4.78, 5) is 13.2. The van der Waals surface area contributed by atoms with Crippen LogP contribution in [0.3, 0.4) is 0 Å². The number of phenolic OH excluding ortho intramolecular Hbond substituents is 1. The Balaban J connectivity index is 1.57. The molecular formula is C23H21N7O2. The summed E-state index contributed by atoms with van der Waals surface area (Å²) in [7, 11) is 1.62. The number of benzene rings is 3. The zero-order chi connectivity index (χ0) is 22.2. The van der Waals surface area contributed by atoms with Gasteiger partial charge in [0.15, 0.2) is 0 Å². The lowest BCUT2D eigenvalue weighted by atomic mass is 10.2. The minimum absolute atomic E-state index is 0.162. The molecule has 0 saturated carbocycles. The summed E-state index contributed by atoms with van der Waals surface area (Å²) in [5.41, 5.74) is 5.16. The highest BCUT2D eigenvalue weighted by atomic mass is 16.5. The third-order valence-electron chi connectivity index (χ3n) is 4.26. The molecule has 4 N–H and O–H groups in total. The second-order valence-electron chi connectivity index (χ2n) is 6.62. The van der Waals surface area contributed by atoms with E-state index in [-0.39, 0.29) is 11.7 Å². The van der Waals surface area contributed by atoms with Crippen molar-refractivity contribution in [2.75, 3.05) is 23.2 Å². The topological polar surface area (TPSA) is 117 Å². The molecule has 0 aliphatic heterocycles. The smallest absolute Gasteiger partial charge is 0.250 e. The molecule has 32 heavy (non-hydrogen) atoms. The van der Waals surface area contributed by atoms with Gasteiger partial charge in [0.1, 0.15) is 11.5 Å². The molecule has 0 amide bonds. The van der Waals surface area contributed by atoms with Crippen molar-refractivity contribution in [1.29, 1.82) is 0 Å². The average Bonchev–Trinajstić information content (AvgIpc) is 2.80. The Hall–Kier alpha value is -4.66. The van der Waals surface area contributed by atoms with Crippen LogP contribution in [0.2, 0.25) is 0 Å². The number of hydrogen-bond acceptors (Lipinski definition) is 9. The maximum atomic E-state index is 9.58. The van der Waals surface area contributed by atoms with Crippen LogP contribution in [-0.4, -0.2) is 33.4 Å². The number of phenols is 1. The van der Waals surface area contributed by atoms with Crippen LogP contribution in [-0.2, 0) is 0 Å². The Bertz CT molecular complexity index is 1200. The lowest BCUT2D eigenvalue weighted by Crippen LogP contribution is -2.07. The first-order chi connectivity index (χ1) is 15.7. The Morgan fingerprint density at radius 3 is 2.09 bits per heavy atom. The van der Waals surface area contributed by atoms with Gasteiger partial charge < -0.3 is 20.5 Å². The average molecular weight is 427 g/mol. The van der Waals surface area contributed by atoms with E-state index < -0.39 is 0 Å². The summed E-state index contributed by atoms with van der Waals surface area (Å²) in [5, 5.41) is 20.0. The molecule has 0 spiro atoms. The number of ether oxygens (including phenoxy) is 1. The van der Waals surface area contributed by atoms with Crippen LogP contribution < -0.4 is 20.8 Å². The van der Waals surface area contributed by atoms with E-state index >= 15 is 0 Å². The van der Waals surface area contributed by atoms with Gasteiger partial charge in [0.05, 0.1) is 13.3 Å². The number of rotatable bonds is 8. The van der Waals surface area contributed by atoms with Crippen molar-refractivity contribution in [3.05, 3.63) is 84.4 Å². The molecule has 9 heteroatoms. The summed E-state index contributed by atoms with van der Waals surface area (Å²) in [5.74, 6) is 1.83. The normalized spacial score (nSPS) is 10.7. The Labute approximate surface area is 184 Å². The number of nitrogens with one attached hydrogen (secondary N) is 3. The molecule has 4 rings (SSSR count). The number of methoxy groups -OCH3 is 1. The van der Waals surface area contributed by atoms with Crippen molar-refractivity contribution in [2.45, 2.75) is 0 Å². The van der Waals surface area contributed by atoms with Crippen molar-refractivity contribution >= 4 is 35.4 Å². The molecule has 0 fully saturated rings. The molecule has 0 unspecified atom stereocenters. The minimum Gasteiger partial charge on any atom is -0.508 e. The highest BCUT2D eigenvalue weighted by Gasteiger charge is 2.08. The van der Waals surface area contributed by atoms with Gasteiger partial charge >= 0.3 is 0 Å². The minimum atomic E-state index is 0.162. The fourth-order valence-electron chi connectivity index (χ4n) is 2.76. The Morgan fingerprint density at radius 1 is 0.781 bits per heavy atom. The lowest BCUT2D eigenvalue weighted by Gasteiger charge is -2.10. The molecule has 0 bridgehead atoms. The Morgan fingerprint density at radius 2 is 1.44 bits per heavy atom. The monoisotopic (exact) mass is 427 g/mol. The van der Waals surface area contributed by atoms with Gasteiger partial charge in [-0.15, -0.1) is 0 Å². The van der Waals surface area contributed by atoms with Gasteiger partial charge in [0.25, 0.3) is 0 Å². The molecule has 9 nitrogen and oxygen atoms in total. The number of para-hydroxylation sites is 1. The zero-order valence-electron chi connectivity index (χ0n) is 17.2. The van der Waals surface area contributed by atoms with Crippen LogP contribution in [0.25, 0.3) is 0 Å². The fourth-order valence-corrected chi connectivity index (χ4v) is 2.76. The van der Waals surface area contributed by atoms with E-state index in [2.05, 4.69) is 36.1 Å². The van der Waals surface area contributed by atoms with Crippen LogP contribution in [0.15, 0.2) is 84.0 Å². The van der Waals surface area contributed by atoms with Crippen molar-refractivity contribution in [2.24, 2.45) is 5.10 Å². The molecule has 0 aliphatic rings. The molecular weight excluding hydrogens is 406 g/mol. The first-order valence-electron chi connectivity index (χ1n) is 9.75. The van der Waals surface area contributed by atoms with Crippen LogP contribution in [0, 0.1) is 0 Å². The van der Waals surface area contributed by atoms with Crippen molar-refractivity contribution in [3.8, 4) is 11.5 Å². The van der Waals surface area contributed by atoms with E-state index in [0.717, 1.165) is 22.7 Å². The van der Waals surface area contributed by atoms with Gasteiger partial charge in [-0.1, -0.05) is 30.3 Å². The van der Waals surface area contributed by atoms with Crippen LogP contribution in [0.4, 0.5) is 29.2 Å². The summed E-state index contributed by atoms with van der Waals surface area (Å²) in [6.45, 7) is 0. The fraction of sp³-hybridized carbons (Fsp3) is 0.0435. The van der Waals surface area contributed by atoms with Gasteiger partial charge in [0.2, 0.25) is 17.8 Å². The molecule has 1 heterocycles. The van der Waals surface area contributed by atoms with E-state index in [4.69, 9.17) is 4.74 Å². The van der Waals surface area contributed by atoms with Gasteiger partial charge in [0, 0.05) is 11.4 Å². The Kier molecular flexibility index (Phi) is 6.37. The summed E-state index contributed by atoms with van der Waals surface area (Å²) >= 11 is 0. The van der Waals surface area contributed by atoms with Crippen molar-refractivity contribution in [3.63, 3.8) is 0 Å². The second-order valence-corrected chi connectivity index (χ2v) is 6.62. The highest BCUT2D eigenvalue weighted by molar-refractivity contribution is 5.80. The number of aromatic nitrogens is 3. The zero-order valence-corrected chi connectivity index (χ0v) is 17.2. The number of aromatic hydroxyl groups is 1. The third-order valence-corrected chi connectivity index (χ3v) is 4.26. The number of anilines is 5. The number of nitrogens with zero attached hydrogens (tertiary/aromatic N) is 4. The predicted molar refractivity (Wildman–Crippen MR) is 125 cm³/mol. The summed E-state index contributed by atoms with van der Waals surface area (Å²) < 4.78 is 5.19. The van der Waals surface area contributed by atoms with E-state index in [1.54, 1.807) is 31.5 Å². The summed E-state index contributed by atoms with van der Waals surface area (Å²) in [6.07, 6.45) is 1.56. The third kappa shape index (κ3) is 5.70. The lowest BCUT2D eigenvalue weighted by molar-refractivity contribution is 0.415. The predicted octanol–water partition coefficient (Wildman–Crippen LogP) is 4.52. The molecule has 0 atom stereocenters. The van der Waals surface area contributed by atoms with E-state index in [9.17, 15) is 5.11 Å². The highest BCUT2D eigenvalue weighted by Crippen LogP contribution is 2.20.